The van der Waals surface area contributed by atoms with Gasteiger partial charge < -0.3 is 10.6 Å². The summed E-state index contributed by atoms with van der Waals surface area (Å²) >= 11 is 0. The van der Waals surface area contributed by atoms with E-state index in [1.165, 1.54) is 43.6 Å². The van der Waals surface area contributed by atoms with Crippen molar-refractivity contribution < 1.29 is 0 Å². The molecule has 3 heteroatoms. The first-order valence-electron chi connectivity index (χ1n) is 7.23. The Morgan fingerprint density at radius 1 is 1.28 bits per heavy atom. The third-order valence-corrected chi connectivity index (χ3v) is 3.80. The van der Waals surface area contributed by atoms with Crippen LogP contribution in [0.5, 0.6) is 0 Å². The standard InChI is InChI=1S/C15H25N3/c1-3-9-18(10-4-2)13-6-7-14-12(11-13)5-8-15(16)17-14/h5,8,13H,3-4,6-7,9-11H2,1-2H3,(H2,16,17)/t13-/m1/s1. The highest BCUT2D eigenvalue weighted by Crippen LogP contribution is 2.24. The number of fused-ring (bicyclic) bond motifs is 1. The van der Waals surface area contributed by atoms with E-state index in [4.69, 9.17) is 5.73 Å². The molecule has 0 unspecified atom stereocenters. The lowest BCUT2D eigenvalue weighted by molar-refractivity contribution is 0.179. The minimum absolute atomic E-state index is 0.658. The van der Waals surface area contributed by atoms with Gasteiger partial charge in [-0.25, -0.2) is 4.98 Å². The number of aromatic nitrogens is 1. The van der Waals surface area contributed by atoms with Crippen molar-refractivity contribution in [3.63, 3.8) is 0 Å². The molecule has 1 atom stereocenters. The molecule has 0 aromatic carbocycles. The maximum atomic E-state index is 5.75. The minimum atomic E-state index is 0.658. The Morgan fingerprint density at radius 2 is 2.00 bits per heavy atom. The molecule has 1 aliphatic carbocycles. The summed E-state index contributed by atoms with van der Waals surface area (Å²) < 4.78 is 0. The number of nitrogens with two attached hydrogens (primary N) is 1. The number of nitrogen functional groups attached to an aromatic ring is 1. The zero-order chi connectivity index (χ0) is 13.0. The molecular weight excluding hydrogens is 222 g/mol. The fraction of sp³-hybridized carbons (Fsp3) is 0.667. The molecule has 0 saturated heterocycles. The average molecular weight is 247 g/mol. The largest absolute Gasteiger partial charge is 0.384 e. The second-order valence-electron chi connectivity index (χ2n) is 5.27. The second-order valence-corrected chi connectivity index (χ2v) is 5.27. The van der Waals surface area contributed by atoms with Crippen molar-refractivity contribution in [3.05, 3.63) is 23.4 Å². The van der Waals surface area contributed by atoms with Gasteiger partial charge in [0.2, 0.25) is 0 Å². The molecule has 0 radical (unpaired) electrons. The molecule has 0 aliphatic heterocycles. The van der Waals surface area contributed by atoms with Crippen molar-refractivity contribution in [1.82, 2.24) is 9.88 Å². The molecule has 0 spiro atoms. The van der Waals surface area contributed by atoms with E-state index in [9.17, 15) is 0 Å². The Balaban J connectivity index is 2.07. The predicted molar refractivity (Wildman–Crippen MR) is 76.6 cm³/mol. The number of rotatable bonds is 5. The molecule has 1 aromatic rings. The van der Waals surface area contributed by atoms with Crippen molar-refractivity contribution in [1.29, 1.82) is 0 Å². The van der Waals surface area contributed by atoms with Gasteiger partial charge >= 0.3 is 0 Å². The maximum Gasteiger partial charge on any atom is 0.123 e. The zero-order valence-corrected chi connectivity index (χ0v) is 11.7. The van der Waals surface area contributed by atoms with Crippen LogP contribution < -0.4 is 5.73 Å². The van der Waals surface area contributed by atoms with E-state index in [1.807, 2.05) is 6.07 Å². The van der Waals surface area contributed by atoms with E-state index in [2.05, 4.69) is 29.8 Å². The Kier molecular flexibility index (Phi) is 4.59. The van der Waals surface area contributed by atoms with Gasteiger partial charge in [-0.2, -0.15) is 0 Å². The van der Waals surface area contributed by atoms with Crippen molar-refractivity contribution in [2.75, 3.05) is 18.8 Å². The molecule has 1 aromatic heterocycles. The fourth-order valence-electron chi connectivity index (χ4n) is 2.97. The van der Waals surface area contributed by atoms with Crippen molar-refractivity contribution in [2.45, 2.75) is 52.0 Å². The summed E-state index contributed by atoms with van der Waals surface area (Å²) in [6.45, 7) is 6.97. The molecule has 1 aliphatic rings. The van der Waals surface area contributed by atoms with Crippen LogP contribution in [0.4, 0.5) is 5.82 Å². The number of anilines is 1. The van der Waals surface area contributed by atoms with E-state index < -0.39 is 0 Å². The van der Waals surface area contributed by atoms with Gasteiger partial charge in [0.1, 0.15) is 5.82 Å². The fourth-order valence-corrected chi connectivity index (χ4v) is 2.97. The summed E-state index contributed by atoms with van der Waals surface area (Å²) in [6.07, 6.45) is 5.92. The van der Waals surface area contributed by atoms with Crippen LogP contribution in [-0.2, 0) is 12.8 Å². The van der Waals surface area contributed by atoms with E-state index in [1.54, 1.807) is 0 Å². The van der Waals surface area contributed by atoms with Crippen LogP contribution in [0.15, 0.2) is 12.1 Å². The van der Waals surface area contributed by atoms with Gasteiger partial charge in [0.05, 0.1) is 0 Å². The van der Waals surface area contributed by atoms with Crippen LogP contribution in [0, 0.1) is 0 Å². The number of hydrogen-bond acceptors (Lipinski definition) is 3. The number of hydrogen-bond donors (Lipinski definition) is 1. The maximum absolute atomic E-state index is 5.75. The number of pyridine rings is 1. The SMILES string of the molecule is CCCN(CCC)[C@@H]1CCc2nc(N)ccc2C1. The van der Waals surface area contributed by atoms with E-state index in [0.29, 0.717) is 11.9 Å². The van der Waals surface area contributed by atoms with Crippen LogP contribution in [-0.4, -0.2) is 29.0 Å². The molecule has 0 amide bonds. The van der Waals surface area contributed by atoms with Gasteiger partial charge in [0.25, 0.3) is 0 Å². The summed E-state index contributed by atoms with van der Waals surface area (Å²) in [7, 11) is 0. The van der Waals surface area contributed by atoms with Crippen molar-refractivity contribution >= 4 is 5.82 Å². The lowest BCUT2D eigenvalue weighted by Gasteiger charge is -2.34. The van der Waals surface area contributed by atoms with Gasteiger partial charge in [-0.05, 0) is 56.8 Å². The summed E-state index contributed by atoms with van der Waals surface area (Å²) in [6, 6.07) is 4.80. The van der Waals surface area contributed by atoms with E-state index in [-0.39, 0.29) is 0 Å². The Bertz CT molecular complexity index is 383. The minimum Gasteiger partial charge on any atom is -0.384 e. The van der Waals surface area contributed by atoms with Gasteiger partial charge in [-0.3, -0.25) is 0 Å². The number of aryl methyl sites for hydroxylation is 1. The van der Waals surface area contributed by atoms with Crippen molar-refractivity contribution in [3.8, 4) is 0 Å². The Labute approximate surface area is 110 Å². The molecule has 2 rings (SSSR count). The highest BCUT2D eigenvalue weighted by atomic mass is 15.1. The van der Waals surface area contributed by atoms with Crippen LogP contribution in [0.1, 0.15) is 44.4 Å². The first kappa shape index (κ1) is 13.3. The monoisotopic (exact) mass is 247 g/mol. The Hall–Kier alpha value is -1.09. The third kappa shape index (κ3) is 3.02. The van der Waals surface area contributed by atoms with Crippen molar-refractivity contribution in [2.24, 2.45) is 0 Å². The van der Waals surface area contributed by atoms with Crippen LogP contribution >= 0.6 is 0 Å². The van der Waals surface area contributed by atoms with E-state index in [0.717, 1.165) is 12.8 Å². The lowest BCUT2D eigenvalue weighted by atomic mass is 9.90. The molecule has 2 N–H and O–H groups in total. The topological polar surface area (TPSA) is 42.2 Å². The molecule has 3 nitrogen and oxygen atoms in total. The summed E-state index contributed by atoms with van der Waals surface area (Å²) in [5.41, 5.74) is 8.37. The molecule has 0 bridgehead atoms. The first-order valence-corrected chi connectivity index (χ1v) is 7.23. The number of nitrogens with zero attached hydrogens (tertiary/aromatic N) is 2. The molecule has 18 heavy (non-hydrogen) atoms. The van der Waals surface area contributed by atoms with E-state index >= 15 is 0 Å². The van der Waals surface area contributed by atoms with Gasteiger partial charge in [-0.15, -0.1) is 0 Å². The van der Waals surface area contributed by atoms with Crippen LogP contribution in [0.2, 0.25) is 0 Å². The third-order valence-electron chi connectivity index (χ3n) is 3.80. The van der Waals surface area contributed by atoms with Gasteiger partial charge in [0.15, 0.2) is 0 Å². The molecule has 1 heterocycles. The smallest absolute Gasteiger partial charge is 0.123 e. The lowest BCUT2D eigenvalue weighted by Crippen LogP contribution is -2.40. The second kappa shape index (κ2) is 6.19. The molecule has 0 saturated carbocycles. The van der Waals surface area contributed by atoms with Crippen LogP contribution in [0.3, 0.4) is 0 Å². The predicted octanol–water partition coefficient (Wildman–Crippen LogP) is 2.64. The molecular formula is C15H25N3. The first-order chi connectivity index (χ1) is 8.74. The summed E-state index contributed by atoms with van der Waals surface area (Å²) in [5.74, 6) is 0.658. The summed E-state index contributed by atoms with van der Waals surface area (Å²) in [5, 5.41) is 0. The zero-order valence-electron chi connectivity index (χ0n) is 11.7. The molecule has 100 valence electrons. The van der Waals surface area contributed by atoms with Gasteiger partial charge in [0, 0.05) is 11.7 Å². The normalized spacial score (nSPS) is 18.9. The van der Waals surface area contributed by atoms with Gasteiger partial charge in [-0.1, -0.05) is 19.9 Å². The quantitative estimate of drug-likeness (QED) is 0.869. The average Bonchev–Trinajstić information content (AvgIpc) is 2.38. The summed E-state index contributed by atoms with van der Waals surface area (Å²) in [4.78, 5) is 7.11. The highest BCUT2D eigenvalue weighted by molar-refractivity contribution is 5.35. The van der Waals surface area contributed by atoms with Crippen LogP contribution in [0.25, 0.3) is 0 Å². The Morgan fingerprint density at radius 3 is 2.67 bits per heavy atom. The highest BCUT2D eigenvalue weighted by Gasteiger charge is 2.24. The molecule has 0 fully saturated rings.